The highest BCUT2D eigenvalue weighted by Crippen LogP contribution is 2.37. The number of nitrogens with zero attached hydrogens (tertiary/aromatic N) is 1. The molecule has 0 aliphatic rings. The van der Waals surface area contributed by atoms with Crippen LogP contribution in [0, 0.1) is 11.6 Å². The van der Waals surface area contributed by atoms with Crippen LogP contribution in [-0.4, -0.2) is 17.4 Å². The predicted molar refractivity (Wildman–Crippen MR) is 79.8 cm³/mol. The molecule has 118 valence electrons. The maximum absolute atomic E-state index is 14.0. The van der Waals surface area contributed by atoms with Crippen molar-refractivity contribution >= 4 is 0 Å². The van der Waals surface area contributed by atoms with E-state index in [0.29, 0.717) is 16.9 Å². The molecule has 1 aromatic heterocycles. The van der Waals surface area contributed by atoms with E-state index < -0.39 is 18.2 Å². The fourth-order valence-corrected chi connectivity index (χ4v) is 2.39. The minimum atomic E-state index is -0.778. The van der Waals surface area contributed by atoms with Gasteiger partial charge in [0.15, 0.2) is 5.76 Å². The fourth-order valence-electron chi connectivity index (χ4n) is 2.39. The standard InChI is InChI=1S/C17H13F2NO3/c1-22-15-5-3-2-4-12(15)17-13(9-21)16(20-23-17)11-7-6-10(18)8-14(11)19/h2-8,21H,9H2,1H3. The van der Waals surface area contributed by atoms with Crippen LogP contribution in [0.5, 0.6) is 5.75 Å². The van der Waals surface area contributed by atoms with Crippen LogP contribution in [0.1, 0.15) is 5.56 Å². The average molecular weight is 317 g/mol. The molecule has 2 aromatic carbocycles. The third-order valence-corrected chi connectivity index (χ3v) is 3.48. The lowest BCUT2D eigenvalue weighted by Gasteiger charge is -2.06. The van der Waals surface area contributed by atoms with Gasteiger partial charge in [-0.05, 0) is 24.3 Å². The topological polar surface area (TPSA) is 55.5 Å². The van der Waals surface area contributed by atoms with E-state index in [0.717, 1.165) is 12.1 Å². The first-order valence-corrected chi connectivity index (χ1v) is 6.84. The third kappa shape index (κ3) is 2.68. The Labute approximate surface area is 130 Å². The molecule has 3 aromatic rings. The summed E-state index contributed by atoms with van der Waals surface area (Å²) in [6.45, 7) is -0.414. The zero-order valence-corrected chi connectivity index (χ0v) is 12.2. The summed E-state index contributed by atoms with van der Waals surface area (Å²) in [5.74, 6) is -0.655. The van der Waals surface area contributed by atoms with Crippen molar-refractivity contribution in [2.75, 3.05) is 7.11 Å². The zero-order valence-electron chi connectivity index (χ0n) is 12.2. The number of ether oxygens (including phenoxy) is 1. The molecule has 0 fully saturated rings. The number of rotatable bonds is 4. The summed E-state index contributed by atoms with van der Waals surface area (Å²) >= 11 is 0. The van der Waals surface area contributed by atoms with Crippen molar-refractivity contribution in [3.63, 3.8) is 0 Å². The summed E-state index contributed by atoms with van der Waals surface area (Å²) in [7, 11) is 1.51. The van der Waals surface area contributed by atoms with Gasteiger partial charge in [0, 0.05) is 11.6 Å². The van der Waals surface area contributed by atoms with E-state index in [-0.39, 0.29) is 17.0 Å². The predicted octanol–water partition coefficient (Wildman–Crippen LogP) is 3.79. The fraction of sp³-hybridized carbons (Fsp3) is 0.118. The highest BCUT2D eigenvalue weighted by molar-refractivity contribution is 5.75. The monoisotopic (exact) mass is 317 g/mol. The van der Waals surface area contributed by atoms with Crippen molar-refractivity contribution in [2.45, 2.75) is 6.61 Å². The molecule has 0 aliphatic heterocycles. The molecule has 0 spiro atoms. The Morgan fingerprint density at radius 3 is 2.61 bits per heavy atom. The number of benzene rings is 2. The summed E-state index contributed by atoms with van der Waals surface area (Å²) in [6.07, 6.45) is 0. The summed E-state index contributed by atoms with van der Waals surface area (Å²) in [5, 5.41) is 13.5. The molecule has 0 aliphatic carbocycles. The van der Waals surface area contributed by atoms with Crippen molar-refractivity contribution in [1.29, 1.82) is 0 Å². The van der Waals surface area contributed by atoms with E-state index >= 15 is 0 Å². The summed E-state index contributed by atoms with van der Waals surface area (Å²) in [6, 6.07) is 10.2. The Morgan fingerprint density at radius 2 is 1.91 bits per heavy atom. The van der Waals surface area contributed by atoms with Crippen molar-refractivity contribution < 1.29 is 23.1 Å². The maximum Gasteiger partial charge on any atom is 0.176 e. The summed E-state index contributed by atoms with van der Waals surface area (Å²) in [5.41, 5.74) is 1.08. The number of hydrogen-bond donors (Lipinski definition) is 1. The van der Waals surface area contributed by atoms with Crippen LogP contribution in [0.2, 0.25) is 0 Å². The molecule has 0 saturated heterocycles. The van der Waals surface area contributed by atoms with Crippen molar-refractivity contribution in [2.24, 2.45) is 0 Å². The van der Waals surface area contributed by atoms with E-state index in [1.807, 2.05) is 0 Å². The van der Waals surface area contributed by atoms with Crippen LogP contribution in [-0.2, 0) is 6.61 Å². The van der Waals surface area contributed by atoms with E-state index in [2.05, 4.69) is 5.16 Å². The normalized spacial score (nSPS) is 10.8. The minimum absolute atomic E-state index is 0.0559. The highest BCUT2D eigenvalue weighted by Gasteiger charge is 2.22. The average Bonchev–Trinajstić information content (AvgIpc) is 2.98. The van der Waals surface area contributed by atoms with Gasteiger partial charge in [0.05, 0.1) is 24.8 Å². The number of methoxy groups -OCH3 is 1. The number of aromatic nitrogens is 1. The van der Waals surface area contributed by atoms with E-state index in [9.17, 15) is 13.9 Å². The molecule has 3 rings (SSSR count). The van der Waals surface area contributed by atoms with Gasteiger partial charge in [0.2, 0.25) is 0 Å². The smallest absolute Gasteiger partial charge is 0.176 e. The third-order valence-electron chi connectivity index (χ3n) is 3.48. The maximum atomic E-state index is 14.0. The second-order valence-electron chi connectivity index (χ2n) is 4.82. The molecule has 0 atom stereocenters. The Balaban J connectivity index is 2.17. The van der Waals surface area contributed by atoms with Gasteiger partial charge in [-0.3, -0.25) is 0 Å². The van der Waals surface area contributed by atoms with Gasteiger partial charge in [-0.25, -0.2) is 8.78 Å². The SMILES string of the molecule is COc1ccccc1-c1onc(-c2ccc(F)cc2F)c1CO. The first-order valence-electron chi connectivity index (χ1n) is 6.84. The molecular weight excluding hydrogens is 304 g/mol. The first-order chi connectivity index (χ1) is 11.2. The minimum Gasteiger partial charge on any atom is -0.496 e. The quantitative estimate of drug-likeness (QED) is 0.795. The van der Waals surface area contributed by atoms with Gasteiger partial charge < -0.3 is 14.4 Å². The largest absolute Gasteiger partial charge is 0.496 e. The Kier molecular flexibility index (Phi) is 4.08. The zero-order chi connectivity index (χ0) is 16.4. The van der Waals surface area contributed by atoms with Gasteiger partial charge in [-0.1, -0.05) is 17.3 Å². The molecular formula is C17H13F2NO3. The number of aliphatic hydroxyl groups is 1. The molecule has 0 saturated carbocycles. The van der Waals surface area contributed by atoms with Crippen LogP contribution in [0.4, 0.5) is 8.78 Å². The van der Waals surface area contributed by atoms with Crippen LogP contribution >= 0.6 is 0 Å². The molecule has 0 radical (unpaired) electrons. The first kappa shape index (κ1) is 15.2. The van der Waals surface area contributed by atoms with Gasteiger partial charge in [0.1, 0.15) is 23.1 Å². The Bertz CT molecular complexity index is 846. The molecule has 23 heavy (non-hydrogen) atoms. The Hall–Kier alpha value is -2.73. The second kappa shape index (κ2) is 6.18. The second-order valence-corrected chi connectivity index (χ2v) is 4.82. The molecule has 4 nitrogen and oxygen atoms in total. The Morgan fingerprint density at radius 1 is 1.13 bits per heavy atom. The van der Waals surface area contributed by atoms with Gasteiger partial charge >= 0.3 is 0 Å². The van der Waals surface area contributed by atoms with Crippen LogP contribution in [0.15, 0.2) is 47.0 Å². The molecule has 0 unspecified atom stereocenters. The lowest BCUT2D eigenvalue weighted by molar-refractivity contribution is 0.281. The molecule has 0 amide bonds. The van der Waals surface area contributed by atoms with Gasteiger partial charge in [-0.15, -0.1) is 0 Å². The van der Waals surface area contributed by atoms with Crippen LogP contribution in [0.3, 0.4) is 0 Å². The van der Waals surface area contributed by atoms with Crippen LogP contribution < -0.4 is 4.74 Å². The highest BCUT2D eigenvalue weighted by atomic mass is 19.1. The number of hydrogen-bond acceptors (Lipinski definition) is 4. The molecule has 1 heterocycles. The number of halogens is 2. The van der Waals surface area contributed by atoms with Gasteiger partial charge in [0.25, 0.3) is 0 Å². The van der Waals surface area contributed by atoms with E-state index in [1.54, 1.807) is 24.3 Å². The lowest BCUT2D eigenvalue weighted by atomic mass is 10.0. The molecule has 0 bridgehead atoms. The van der Waals surface area contributed by atoms with E-state index in [4.69, 9.17) is 9.26 Å². The van der Waals surface area contributed by atoms with Crippen LogP contribution in [0.25, 0.3) is 22.6 Å². The van der Waals surface area contributed by atoms with Crippen molar-refractivity contribution in [1.82, 2.24) is 5.16 Å². The van der Waals surface area contributed by atoms with Crippen molar-refractivity contribution in [3.05, 3.63) is 59.7 Å². The summed E-state index contributed by atoms with van der Waals surface area (Å²) < 4.78 is 37.6. The molecule has 6 heteroatoms. The van der Waals surface area contributed by atoms with E-state index in [1.165, 1.54) is 13.2 Å². The number of aliphatic hydroxyl groups excluding tert-OH is 1. The number of para-hydroxylation sites is 1. The summed E-state index contributed by atoms with van der Waals surface area (Å²) in [4.78, 5) is 0. The molecule has 1 N–H and O–H groups in total. The van der Waals surface area contributed by atoms with Gasteiger partial charge in [-0.2, -0.15) is 0 Å². The van der Waals surface area contributed by atoms with Crippen molar-refractivity contribution in [3.8, 4) is 28.3 Å². The lowest BCUT2D eigenvalue weighted by Crippen LogP contribution is -1.93.